The van der Waals surface area contributed by atoms with Gasteiger partial charge in [-0.2, -0.15) is 0 Å². The molecule has 364 valence electrons. The van der Waals surface area contributed by atoms with Crippen molar-refractivity contribution in [3.8, 4) is 35.6 Å². The molecule has 0 saturated carbocycles. The van der Waals surface area contributed by atoms with Gasteiger partial charge in [0.15, 0.2) is 11.3 Å². The fraction of sp³-hybridized carbons (Fsp3) is 0.333. The molecule has 0 radical (unpaired) electrons. The van der Waals surface area contributed by atoms with Gasteiger partial charge in [0.2, 0.25) is 0 Å². The summed E-state index contributed by atoms with van der Waals surface area (Å²) < 4.78 is 4.45. The van der Waals surface area contributed by atoms with Gasteiger partial charge in [-0.1, -0.05) is 101 Å². The number of amidine groups is 1. The van der Waals surface area contributed by atoms with E-state index in [1.165, 1.54) is 5.57 Å². The lowest BCUT2D eigenvalue weighted by atomic mass is 10.0. The van der Waals surface area contributed by atoms with Gasteiger partial charge >= 0.3 is 0 Å². The maximum absolute atomic E-state index is 5.46. The maximum atomic E-state index is 5.46. The number of pyridine rings is 2. The monoisotopic (exact) mass is 926 g/mol. The Bertz CT molecular complexity index is 2720. The van der Waals surface area contributed by atoms with Gasteiger partial charge in [0, 0.05) is 54.1 Å². The summed E-state index contributed by atoms with van der Waals surface area (Å²) in [6.07, 6.45) is 37.4. The molecule has 5 aromatic rings. The zero-order valence-electron chi connectivity index (χ0n) is 44.0. The molecule has 0 amide bonds. The van der Waals surface area contributed by atoms with E-state index in [0.717, 1.165) is 98.2 Å². The summed E-state index contributed by atoms with van der Waals surface area (Å²) in [5.41, 5.74) is 11.5. The molecule has 2 unspecified atom stereocenters. The minimum absolute atomic E-state index is 0.136. The smallest absolute Gasteiger partial charge is 0.164 e. The second-order valence-corrected chi connectivity index (χ2v) is 15.6. The molecule has 0 spiro atoms. The fourth-order valence-electron chi connectivity index (χ4n) is 7.44. The quantitative estimate of drug-likeness (QED) is 0.0452. The number of allylic oxidation sites excluding steroid dienone is 12. The number of hydrogen-bond acceptors (Lipinski definition) is 7. The number of benzene rings is 1. The second kappa shape index (κ2) is 31.0. The van der Waals surface area contributed by atoms with E-state index in [9.17, 15) is 0 Å². The summed E-state index contributed by atoms with van der Waals surface area (Å²) in [5.74, 6) is 2.40. The predicted octanol–water partition coefficient (Wildman–Crippen LogP) is 15.6. The number of rotatable bonds is 15. The van der Waals surface area contributed by atoms with E-state index < -0.39 is 0 Å². The van der Waals surface area contributed by atoms with Crippen molar-refractivity contribution < 1.29 is 0 Å². The van der Waals surface area contributed by atoms with E-state index in [-0.39, 0.29) is 12.2 Å². The first kappa shape index (κ1) is 57.9. The second-order valence-electron chi connectivity index (χ2n) is 15.6. The summed E-state index contributed by atoms with van der Waals surface area (Å²) >= 11 is 0. The molecule has 5 heterocycles. The Morgan fingerprint density at radius 1 is 0.768 bits per heavy atom. The normalized spacial score (nSPS) is 16.4. The number of hydrogen-bond donors (Lipinski definition) is 0. The Morgan fingerprint density at radius 3 is 2.00 bits per heavy atom. The first-order chi connectivity index (χ1) is 33.6. The Morgan fingerprint density at radius 2 is 1.38 bits per heavy atom. The topological polar surface area (TPSA) is 89.4 Å². The third kappa shape index (κ3) is 15.4. The van der Waals surface area contributed by atoms with Crippen LogP contribution < -0.4 is 0 Å². The Hall–Kier alpha value is -7.18. The first-order valence-corrected chi connectivity index (χ1v) is 24.3. The van der Waals surface area contributed by atoms with Crippen molar-refractivity contribution in [1.29, 1.82) is 0 Å². The number of terminal acetylenes is 1. The molecule has 0 aliphatic carbocycles. The lowest BCUT2D eigenvalue weighted by Gasteiger charge is -2.32. The average molecular weight is 926 g/mol. The van der Waals surface area contributed by atoms with Gasteiger partial charge in [-0.15, -0.1) is 26.0 Å². The van der Waals surface area contributed by atoms with Crippen LogP contribution in [0.15, 0.2) is 168 Å². The fourth-order valence-corrected chi connectivity index (χ4v) is 7.44. The third-order valence-corrected chi connectivity index (χ3v) is 10.9. The van der Waals surface area contributed by atoms with Crippen molar-refractivity contribution >= 4 is 40.1 Å². The van der Waals surface area contributed by atoms with Crippen molar-refractivity contribution in [2.24, 2.45) is 9.98 Å². The zero-order valence-corrected chi connectivity index (χ0v) is 44.0. The molecule has 6 rings (SSSR count). The summed E-state index contributed by atoms with van der Waals surface area (Å²) in [6.45, 7) is 38.7. The highest BCUT2D eigenvalue weighted by atomic mass is 15.3. The number of aliphatic imine (C=N–C) groups is 2. The Labute approximate surface area is 415 Å². The van der Waals surface area contributed by atoms with E-state index in [1.54, 1.807) is 0 Å². The zero-order chi connectivity index (χ0) is 51.5. The predicted molar refractivity (Wildman–Crippen MR) is 303 cm³/mol. The summed E-state index contributed by atoms with van der Waals surface area (Å²) in [4.78, 5) is 33.2. The molecule has 1 aliphatic heterocycles. The number of nitrogens with zero attached hydrogens (tertiary/aromatic N) is 9. The highest BCUT2D eigenvalue weighted by molar-refractivity contribution is 6.02. The van der Waals surface area contributed by atoms with Crippen LogP contribution in [-0.4, -0.2) is 64.8 Å². The minimum Gasteiger partial charge on any atom is -0.330 e. The maximum Gasteiger partial charge on any atom is 0.164 e. The molecule has 9 heteroatoms. The number of aromatic nitrogens is 6. The molecule has 4 aromatic heterocycles. The molecular weight excluding hydrogens is 847 g/mol. The lowest BCUT2D eigenvalue weighted by molar-refractivity contribution is 0.365. The number of unbranched alkanes of at least 4 members (excludes halogenated alkanes) is 1. The Balaban J connectivity index is 0.00000194. The molecule has 0 fully saturated rings. The highest BCUT2D eigenvalue weighted by Crippen LogP contribution is 2.36. The summed E-state index contributed by atoms with van der Waals surface area (Å²) in [7, 11) is 0. The average Bonchev–Trinajstić information content (AvgIpc) is 3.97. The van der Waals surface area contributed by atoms with Crippen molar-refractivity contribution in [2.75, 3.05) is 6.54 Å². The molecule has 2 atom stereocenters. The van der Waals surface area contributed by atoms with Gasteiger partial charge in [-0.25, -0.2) is 19.9 Å². The van der Waals surface area contributed by atoms with Crippen LogP contribution in [0.3, 0.4) is 0 Å². The van der Waals surface area contributed by atoms with Crippen LogP contribution in [0.2, 0.25) is 0 Å². The van der Waals surface area contributed by atoms with E-state index >= 15 is 0 Å². The molecule has 9 nitrogen and oxygen atoms in total. The minimum atomic E-state index is -0.249. The molecular formula is C60H79N9. The van der Waals surface area contributed by atoms with E-state index in [0.29, 0.717) is 13.1 Å². The SMILES string of the molecule is C#C.C=C.C=C(CN1C(c2cc(-c3nc4cccnc4n3C/C(C)=C\CC/C=C\C)cc(-c3nc4cccnc4n3C(=C/CC)/C(C)=C\C)c2)=NC(C)/C=C\C=N/C1C)/C(C)=C\C=C/C.CC.CC. The van der Waals surface area contributed by atoms with Crippen LogP contribution >= 0.6 is 0 Å². The highest BCUT2D eigenvalue weighted by Gasteiger charge is 2.26. The van der Waals surface area contributed by atoms with Crippen LogP contribution in [0.5, 0.6) is 0 Å². The van der Waals surface area contributed by atoms with Crippen molar-refractivity contribution in [3.63, 3.8) is 0 Å². The molecule has 0 N–H and O–H groups in total. The van der Waals surface area contributed by atoms with Crippen molar-refractivity contribution in [2.45, 2.75) is 128 Å². The standard InChI is InChI=1S/C52H61N9.2C2H6.C2H4.C2H2/c1-11-15-17-18-23-36(5)34-60-49(57-45-26-20-29-54-51(45)60)43-31-42(48-56-40(9)25-19-28-53-41(10)59(48)35-39(8)38(7)24-16-12-2)32-44(33-43)50-58-46-27-21-30-55-52(46)61(50)47(22-13-3)37(6)14-4;4*1-2/h11-12,14-16,19-33,40-41H,8,13,17-18,34-35H2,1-7,9-10H3;2*1-2H3;1-2H2;1-2H/b15-11-,16-12-,25-19-,36-23-,37-14-,38-24-,47-22+,53-28-,56-48?;;;;. The van der Waals surface area contributed by atoms with Gasteiger partial charge in [-0.05, 0) is 140 Å². The van der Waals surface area contributed by atoms with Gasteiger partial charge in [-0.3, -0.25) is 14.6 Å². The van der Waals surface area contributed by atoms with Crippen LogP contribution in [0.1, 0.15) is 115 Å². The summed E-state index contributed by atoms with van der Waals surface area (Å²) in [6, 6.07) is 14.5. The molecule has 0 bridgehead atoms. The van der Waals surface area contributed by atoms with Crippen LogP contribution in [0, 0.1) is 12.8 Å². The van der Waals surface area contributed by atoms with Crippen LogP contribution in [-0.2, 0) is 6.54 Å². The van der Waals surface area contributed by atoms with E-state index in [1.807, 2.05) is 89.6 Å². The summed E-state index contributed by atoms with van der Waals surface area (Å²) in [5, 5.41) is 0. The third-order valence-electron chi connectivity index (χ3n) is 10.9. The van der Waals surface area contributed by atoms with Gasteiger partial charge in [0.25, 0.3) is 0 Å². The van der Waals surface area contributed by atoms with E-state index in [2.05, 4.69) is 169 Å². The largest absolute Gasteiger partial charge is 0.330 e. The van der Waals surface area contributed by atoms with Crippen molar-refractivity contribution in [1.82, 2.24) is 34.0 Å². The van der Waals surface area contributed by atoms with Crippen LogP contribution in [0.4, 0.5) is 0 Å². The molecule has 1 aliphatic rings. The van der Waals surface area contributed by atoms with Gasteiger partial charge in [0.05, 0.1) is 6.04 Å². The first-order valence-electron chi connectivity index (χ1n) is 24.3. The van der Waals surface area contributed by atoms with Gasteiger partial charge in [0.1, 0.15) is 34.7 Å². The van der Waals surface area contributed by atoms with Crippen molar-refractivity contribution in [3.05, 3.63) is 163 Å². The van der Waals surface area contributed by atoms with Gasteiger partial charge < -0.3 is 9.47 Å². The molecule has 0 saturated heterocycles. The molecule has 69 heavy (non-hydrogen) atoms. The van der Waals surface area contributed by atoms with E-state index in [4.69, 9.17) is 29.9 Å². The van der Waals surface area contributed by atoms with Crippen LogP contribution in [0.25, 0.3) is 50.8 Å². The molecule has 1 aromatic carbocycles. The number of fused-ring (bicyclic) bond motifs is 2. The number of imidazole rings is 2. The Kier molecular flexibility index (Phi) is 26.0. The lowest BCUT2D eigenvalue weighted by Crippen LogP contribution is -2.40.